The van der Waals surface area contributed by atoms with Gasteiger partial charge in [0.15, 0.2) is 0 Å². The van der Waals surface area contributed by atoms with E-state index in [-0.39, 0.29) is 0 Å². The van der Waals surface area contributed by atoms with Crippen molar-refractivity contribution in [3.8, 4) is 0 Å². The number of rotatable bonds is 9. The second kappa shape index (κ2) is 10.2. The van der Waals surface area contributed by atoms with Crippen molar-refractivity contribution < 1.29 is 4.74 Å². The summed E-state index contributed by atoms with van der Waals surface area (Å²) in [6.45, 7) is 6.64. The van der Waals surface area contributed by atoms with E-state index >= 15 is 0 Å². The molecule has 0 aromatic carbocycles. The Labute approximate surface area is 95.9 Å². The molecule has 0 fully saturated rings. The van der Waals surface area contributed by atoms with Crippen molar-refractivity contribution in [1.29, 1.82) is 0 Å². The van der Waals surface area contributed by atoms with Crippen LogP contribution in [0.1, 0.15) is 59.3 Å². The predicted octanol–water partition coefficient (Wildman–Crippen LogP) is 4.57. The zero-order valence-corrected chi connectivity index (χ0v) is 11.0. The summed E-state index contributed by atoms with van der Waals surface area (Å²) < 4.78 is 5.57. The highest BCUT2D eigenvalue weighted by Crippen LogP contribution is 2.19. The van der Waals surface area contributed by atoms with Crippen molar-refractivity contribution in [3.05, 3.63) is 12.2 Å². The Kier molecular flexibility index (Phi) is 10.0. The Morgan fingerprint density at radius 3 is 2.47 bits per heavy atom. The van der Waals surface area contributed by atoms with E-state index in [1.54, 1.807) is 0 Å². The lowest BCUT2D eigenvalue weighted by Gasteiger charge is -2.22. The lowest BCUT2D eigenvalue weighted by molar-refractivity contribution is 0.0470. The van der Waals surface area contributed by atoms with Gasteiger partial charge in [-0.2, -0.15) is 0 Å². The molecule has 0 aliphatic heterocycles. The second-order valence-electron chi connectivity index (χ2n) is 4.39. The third kappa shape index (κ3) is 7.61. The first kappa shape index (κ1) is 14.7. The molecule has 90 valence electrons. The average Bonchev–Trinajstić information content (AvgIpc) is 2.24. The summed E-state index contributed by atoms with van der Waals surface area (Å²) in [6, 6.07) is 0. The third-order valence-electron chi connectivity index (χ3n) is 3.05. The van der Waals surface area contributed by atoms with E-state index in [1.807, 2.05) is 7.11 Å². The van der Waals surface area contributed by atoms with E-state index in [9.17, 15) is 0 Å². The summed E-state index contributed by atoms with van der Waals surface area (Å²) in [5.74, 6) is 0.683. The maximum absolute atomic E-state index is 5.57. The van der Waals surface area contributed by atoms with Crippen LogP contribution in [-0.2, 0) is 4.74 Å². The molecule has 0 amide bonds. The molecule has 15 heavy (non-hydrogen) atoms. The van der Waals surface area contributed by atoms with Gasteiger partial charge in [-0.05, 0) is 32.1 Å². The van der Waals surface area contributed by atoms with E-state index in [2.05, 4.69) is 32.9 Å². The van der Waals surface area contributed by atoms with Crippen LogP contribution in [0.5, 0.6) is 0 Å². The van der Waals surface area contributed by atoms with Crippen LogP contribution in [0.15, 0.2) is 12.2 Å². The summed E-state index contributed by atoms with van der Waals surface area (Å²) in [6.07, 6.45) is 12.4. The Balaban J connectivity index is 3.71. The van der Waals surface area contributed by atoms with Gasteiger partial charge in [0.1, 0.15) is 0 Å². The molecule has 1 nitrogen and oxygen atoms in total. The van der Waals surface area contributed by atoms with E-state index in [1.165, 1.54) is 38.5 Å². The standard InChI is InChI=1S/C14H28O/c1-5-7-9-11-13(3)14(15-4)12-10-8-6-2/h5,7,13-14H,6,8-12H2,1-4H3. The third-order valence-corrected chi connectivity index (χ3v) is 3.05. The molecule has 0 aliphatic rings. The predicted molar refractivity (Wildman–Crippen MR) is 68.2 cm³/mol. The van der Waals surface area contributed by atoms with Gasteiger partial charge in [-0.1, -0.05) is 45.3 Å². The summed E-state index contributed by atoms with van der Waals surface area (Å²) >= 11 is 0. The quantitative estimate of drug-likeness (QED) is 0.402. The minimum Gasteiger partial charge on any atom is -0.381 e. The number of methoxy groups -OCH3 is 1. The van der Waals surface area contributed by atoms with Gasteiger partial charge in [0.25, 0.3) is 0 Å². The minimum absolute atomic E-state index is 0.460. The number of ether oxygens (including phenoxy) is 1. The highest BCUT2D eigenvalue weighted by atomic mass is 16.5. The van der Waals surface area contributed by atoms with E-state index in [0.717, 1.165) is 0 Å². The highest BCUT2D eigenvalue weighted by Gasteiger charge is 2.15. The molecule has 1 heteroatoms. The van der Waals surface area contributed by atoms with Crippen LogP contribution >= 0.6 is 0 Å². The molecule has 0 saturated carbocycles. The average molecular weight is 212 g/mol. The molecule has 0 aliphatic carbocycles. The Morgan fingerprint density at radius 2 is 1.93 bits per heavy atom. The zero-order chi connectivity index (χ0) is 11.5. The topological polar surface area (TPSA) is 9.23 Å². The van der Waals surface area contributed by atoms with Gasteiger partial charge in [-0.15, -0.1) is 0 Å². The molecule has 2 unspecified atom stereocenters. The summed E-state index contributed by atoms with van der Waals surface area (Å²) in [7, 11) is 1.85. The first-order valence-corrected chi connectivity index (χ1v) is 6.40. The number of unbranched alkanes of at least 4 members (excludes halogenated alkanes) is 2. The first-order chi connectivity index (χ1) is 7.26. The van der Waals surface area contributed by atoms with Crippen LogP contribution in [0.4, 0.5) is 0 Å². The van der Waals surface area contributed by atoms with Gasteiger partial charge in [0, 0.05) is 7.11 Å². The van der Waals surface area contributed by atoms with Crippen molar-refractivity contribution in [3.63, 3.8) is 0 Å². The van der Waals surface area contributed by atoms with Crippen molar-refractivity contribution >= 4 is 0 Å². The molecule has 0 bridgehead atoms. The van der Waals surface area contributed by atoms with E-state index < -0.39 is 0 Å². The van der Waals surface area contributed by atoms with Gasteiger partial charge in [0.2, 0.25) is 0 Å². The largest absolute Gasteiger partial charge is 0.381 e. The lowest BCUT2D eigenvalue weighted by atomic mass is 9.94. The Morgan fingerprint density at radius 1 is 1.20 bits per heavy atom. The molecule has 0 heterocycles. The Bertz CT molecular complexity index is 151. The number of hydrogen-bond acceptors (Lipinski definition) is 1. The molecule has 0 rings (SSSR count). The molecular formula is C14H28O. The van der Waals surface area contributed by atoms with Crippen molar-refractivity contribution in [2.24, 2.45) is 5.92 Å². The molecule has 0 aromatic heterocycles. The van der Waals surface area contributed by atoms with E-state index in [0.29, 0.717) is 12.0 Å². The fraction of sp³-hybridized carbons (Fsp3) is 0.857. The van der Waals surface area contributed by atoms with Crippen LogP contribution in [0.25, 0.3) is 0 Å². The van der Waals surface area contributed by atoms with Gasteiger partial charge >= 0.3 is 0 Å². The van der Waals surface area contributed by atoms with Crippen LogP contribution in [0.3, 0.4) is 0 Å². The fourth-order valence-electron chi connectivity index (χ4n) is 1.94. The van der Waals surface area contributed by atoms with Gasteiger partial charge in [-0.25, -0.2) is 0 Å². The molecule has 0 N–H and O–H groups in total. The van der Waals surface area contributed by atoms with Gasteiger partial charge in [-0.3, -0.25) is 0 Å². The van der Waals surface area contributed by atoms with Crippen LogP contribution in [0, 0.1) is 5.92 Å². The number of hydrogen-bond donors (Lipinski definition) is 0. The van der Waals surface area contributed by atoms with Crippen molar-refractivity contribution in [1.82, 2.24) is 0 Å². The summed E-state index contributed by atoms with van der Waals surface area (Å²) in [4.78, 5) is 0. The van der Waals surface area contributed by atoms with Crippen LogP contribution < -0.4 is 0 Å². The second-order valence-corrected chi connectivity index (χ2v) is 4.39. The summed E-state index contributed by atoms with van der Waals surface area (Å²) in [5, 5.41) is 0. The molecule has 0 aromatic rings. The smallest absolute Gasteiger partial charge is 0.0597 e. The van der Waals surface area contributed by atoms with Gasteiger partial charge < -0.3 is 4.74 Å². The fourth-order valence-corrected chi connectivity index (χ4v) is 1.94. The maximum atomic E-state index is 5.57. The number of allylic oxidation sites excluding steroid dienone is 2. The highest BCUT2D eigenvalue weighted by molar-refractivity contribution is 4.79. The SMILES string of the molecule is CC=CCCC(C)C(CCCCC)OC. The molecule has 0 radical (unpaired) electrons. The van der Waals surface area contributed by atoms with Crippen LogP contribution in [-0.4, -0.2) is 13.2 Å². The molecular weight excluding hydrogens is 184 g/mol. The van der Waals surface area contributed by atoms with Gasteiger partial charge in [0.05, 0.1) is 6.10 Å². The van der Waals surface area contributed by atoms with Crippen molar-refractivity contribution in [2.45, 2.75) is 65.4 Å². The zero-order valence-electron chi connectivity index (χ0n) is 11.0. The lowest BCUT2D eigenvalue weighted by Crippen LogP contribution is -2.20. The van der Waals surface area contributed by atoms with E-state index in [4.69, 9.17) is 4.74 Å². The monoisotopic (exact) mass is 212 g/mol. The molecule has 0 spiro atoms. The van der Waals surface area contributed by atoms with Crippen molar-refractivity contribution in [2.75, 3.05) is 7.11 Å². The molecule has 2 atom stereocenters. The maximum Gasteiger partial charge on any atom is 0.0597 e. The summed E-state index contributed by atoms with van der Waals surface area (Å²) in [5.41, 5.74) is 0. The van der Waals surface area contributed by atoms with Crippen LogP contribution in [0.2, 0.25) is 0 Å². The first-order valence-electron chi connectivity index (χ1n) is 6.40. The Hall–Kier alpha value is -0.300. The minimum atomic E-state index is 0.460. The normalized spacial score (nSPS) is 15.7. The molecule has 0 saturated heterocycles.